The fraction of sp³-hybridized carbons (Fsp3) is 0.286. The molecule has 0 saturated heterocycles. The van der Waals surface area contributed by atoms with E-state index in [2.05, 4.69) is 20.5 Å². The molecule has 9 heteroatoms. The Morgan fingerprint density at radius 2 is 2.30 bits per heavy atom. The van der Waals surface area contributed by atoms with Crippen molar-refractivity contribution < 1.29 is 4.79 Å². The molecule has 0 fully saturated rings. The van der Waals surface area contributed by atoms with Crippen LogP contribution in [0.2, 0.25) is 0 Å². The molecule has 0 saturated carbocycles. The van der Waals surface area contributed by atoms with Crippen molar-refractivity contribution in [2.45, 2.75) is 25.5 Å². The first-order chi connectivity index (χ1) is 11.2. The Labute approximate surface area is 146 Å². The van der Waals surface area contributed by atoms with E-state index in [0.29, 0.717) is 5.13 Å². The van der Waals surface area contributed by atoms with Gasteiger partial charge < -0.3 is 9.88 Å². The summed E-state index contributed by atoms with van der Waals surface area (Å²) < 4.78 is 2.03. The number of nitrogens with one attached hydrogen (secondary N) is 1. The first kappa shape index (κ1) is 16.2. The van der Waals surface area contributed by atoms with Gasteiger partial charge in [-0.1, -0.05) is 17.8 Å². The Kier molecular flexibility index (Phi) is 5.09. The molecule has 0 aliphatic heterocycles. The number of rotatable bonds is 6. The van der Waals surface area contributed by atoms with Crippen molar-refractivity contribution >= 4 is 45.5 Å². The van der Waals surface area contributed by atoms with Gasteiger partial charge in [-0.25, -0.2) is 4.98 Å². The number of hydrogen-bond acceptors (Lipinski definition) is 7. The van der Waals surface area contributed by atoms with E-state index in [1.54, 1.807) is 17.5 Å². The summed E-state index contributed by atoms with van der Waals surface area (Å²) in [5.74, 6) is 1.04. The monoisotopic (exact) mass is 365 g/mol. The minimum absolute atomic E-state index is 0.0901. The summed E-state index contributed by atoms with van der Waals surface area (Å²) in [4.78, 5) is 18.3. The predicted octanol–water partition coefficient (Wildman–Crippen LogP) is 3.52. The number of aromatic nitrogens is 4. The van der Waals surface area contributed by atoms with E-state index in [9.17, 15) is 4.79 Å². The van der Waals surface area contributed by atoms with Gasteiger partial charge in [0.05, 0.1) is 10.6 Å². The van der Waals surface area contributed by atoms with Crippen molar-refractivity contribution in [2.75, 3.05) is 11.1 Å². The third-order valence-electron chi connectivity index (χ3n) is 2.97. The Balaban J connectivity index is 1.65. The van der Waals surface area contributed by atoms with Crippen LogP contribution in [0.5, 0.6) is 0 Å². The molecule has 23 heavy (non-hydrogen) atoms. The van der Waals surface area contributed by atoms with Crippen molar-refractivity contribution in [1.29, 1.82) is 0 Å². The van der Waals surface area contributed by atoms with Crippen LogP contribution in [0.15, 0.2) is 28.9 Å². The molecular formula is C14H15N5OS3. The normalized spacial score (nSPS) is 10.9. The third-order valence-corrected chi connectivity index (χ3v) is 5.64. The lowest BCUT2D eigenvalue weighted by molar-refractivity contribution is -0.113. The molecule has 0 atom stereocenters. The van der Waals surface area contributed by atoms with Crippen LogP contribution < -0.4 is 5.32 Å². The molecule has 0 bridgehead atoms. The lowest BCUT2D eigenvalue weighted by atomic mass is 10.4. The van der Waals surface area contributed by atoms with Gasteiger partial charge >= 0.3 is 0 Å². The molecule has 3 heterocycles. The second-order valence-electron chi connectivity index (χ2n) is 4.64. The number of aryl methyl sites for hydroxylation is 1. The molecular weight excluding hydrogens is 350 g/mol. The van der Waals surface area contributed by atoms with Gasteiger partial charge in [-0.15, -0.1) is 32.9 Å². The van der Waals surface area contributed by atoms with Gasteiger partial charge in [0.15, 0.2) is 16.1 Å². The highest BCUT2D eigenvalue weighted by atomic mass is 32.2. The summed E-state index contributed by atoms with van der Waals surface area (Å²) in [6.07, 6.45) is 1.74. The Bertz CT molecular complexity index is 793. The van der Waals surface area contributed by atoms with E-state index in [1.807, 2.05) is 35.9 Å². The van der Waals surface area contributed by atoms with Gasteiger partial charge in [0.1, 0.15) is 0 Å². The lowest BCUT2D eigenvalue weighted by Crippen LogP contribution is -2.14. The summed E-state index contributed by atoms with van der Waals surface area (Å²) in [6, 6.07) is 4.01. The topological polar surface area (TPSA) is 72.7 Å². The van der Waals surface area contributed by atoms with Crippen LogP contribution in [0, 0.1) is 6.92 Å². The van der Waals surface area contributed by atoms with E-state index in [1.165, 1.54) is 23.1 Å². The summed E-state index contributed by atoms with van der Waals surface area (Å²) in [6.45, 7) is 4.76. The van der Waals surface area contributed by atoms with E-state index in [-0.39, 0.29) is 11.7 Å². The van der Waals surface area contributed by atoms with Crippen LogP contribution in [-0.4, -0.2) is 31.4 Å². The van der Waals surface area contributed by atoms with Crippen molar-refractivity contribution in [3.8, 4) is 10.7 Å². The van der Waals surface area contributed by atoms with Crippen molar-refractivity contribution in [1.82, 2.24) is 19.7 Å². The zero-order valence-electron chi connectivity index (χ0n) is 12.6. The molecule has 0 aliphatic rings. The lowest BCUT2D eigenvalue weighted by Gasteiger charge is -2.06. The van der Waals surface area contributed by atoms with Crippen LogP contribution in [-0.2, 0) is 11.3 Å². The number of anilines is 1. The molecule has 0 aliphatic carbocycles. The summed E-state index contributed by atoms with van der Waals surface area (Å²) in [7, 11) is 0. The van der Waals surface area contributed by atoms with E-state index in [4.69, 9.17) is 0 Å². The standard InChI is InChI=1S/C14H15N5OS3/c1-3-19-12(10-5-4-6-21-10)17-18-14(19)22-8-11(20)16-13-15-7-9(2)23-13/h4-7H,3,8H2,1-2H3,(H,15,16,20). The van der Waals surface area contributed by atoms with Crippen molar-refractivity contribution in [3.05, 3.63) is 28.6 Å². The Hall–Kier alpha value is -1.71. The first-order valence-corrected chi connectivity index (χ1v) is 9.67. The molecule has 3 aromatic rings. The highest BCUT2D eigenvalue weighted by Crippen LogP contribution is 2.27. The van der Waals surface area contributed by atoms with Crippen LogP contribution in [0.3, 0.4) is 0 Å². The quantitative estimate of drug-likeness (QED) is 0.677. The highest BCUT2D eigenvalue weighted by molar-refractivity contribution is 7.99. The third kappa shape index (κ3) is 3.80. The largest absolute Gasteiger partial charge is 0.302 e. The SMILES string of the molecule is CCn1c(SCC(=O)Nc2ncc(C)s2)nnc1-c1cccs1. The Morgan fingerprint density at radius 1 is 1.43 bits per heavy atom. The molecule has 0 spiro atoms. The number of thiophene rings is 1. The molecule has 3 aromatic heterocycles. The van der Waals surface area contributed by atoms with Gasteiger partial charge in [0.25, 0.3) is 0 Å². The van der Waals surface area contributed by atoms with Crippen molar-refractivity contribution in [3.63, 3.8) is 0 Å². The maximum Gasteiger partial charge on any atom is 0.236 e. The fourth-order valence-corrected chi connectivity index (χ4v) is 4.17. The van der Waals surface area contributed by atoms with Crippen LogP contribution >= 0.6 is 34.4 Å². The van der Waals surface area contributed by atoms with Crippen LogP contribution in [0.25, 0.3) is 10.7 Å². The maximum absolute atomic E-state index is 12.0. The van der Waals surface area contributed by atoms with E-state index >= 15 is 0 Å². The van der Waals surface area contributed by atoms with Crippen LogP contribution in [0.1, 0.15) is 11.8 Å². The molecule has 0 radical (unpaired) electrons. The molecule has 120 valence electrons. The van der Waals surface area contributed by atoms with Gasteiger partial charge in [-0.3, -0.25) is 4.79 Å². The summed E-state index contributed by atoms with van der Waals surface area (Å²) >= 11 is 4.47. The minimum atomic E-state index is -0.0901. The zero-order chi connectivity index (χ0) is 16.2. The van der Waals surface area contributed by atoms with Gasteiger partial charge in [0, 0.05) is 17.6 Å². The average Bonchev–Trinajstić information content (AvgIpc) is 3.24. The number of nitrogens with zero attached hydrogens (tertiary/aromatic N) is 4. The number of hydrogen-bond donors (Lipinski definition) is 1. The van der Waals surface area contributed by atoms with Gasteiger partial charge in [-0.05, 0) is 25.3 Å². The maximum atomic E-state index is 12.0. The van der Waals surface area contributed by atoms with E-state index in [0.717, 1.165) is 27.3 Å². The molecule has 3 rings (SSSR count). The number of thioether (sulfide) groups is 1. The second-order valence-corrected chi connectivity index (χ2v) is 7.77. The van der Waals surface area contributed by atoms with Gasteiger partial charge in [0.2, 0.25) is 5.91 Å². The number of thiazole rings is 1. The molecule has 0 aromatic carbocycles. The zero-order valence-corrected chi connectivity index (χ0v) is 15.1. The average molecular weight is 366 g/mol. The highest BCUT2D eigenvalue weighted by Gasteiger charge is 2.15. The van der Waals surface area contributed by atoms with E-state index < -0.39 is 0 Å². The summed E-state index contributed by atoms with van der Waals surface area (Å²) in [5, 5.41) is 14.7. The molecule has 1 amide bonds. The molecule has 6 nitrogen and oxygen atoms in total. The number of carbonyl (C=O) groups excluding carboxylic acids is 1. The molecule has 1 N–H and O–H groups in total. The summed E-state index contributed by atoms with van der Waals surface area (Å²) in [5.41, 5.74) is 0. The fourth-order valence-electron chi connectivity index (χ4n) is 1.97. The predicted molar refractivity (Wildman–Crippen MR) is 95.2 cm³/mol. The molecule has 0 unspecified atom stereocenters. The minimum Gasteiger partial charge on any atom is -0.302 e. The van der Waals surface area contributed by atoms with Crippen LogP contribution in [0.4, 0.5) is 5.13 Å². The second kappa shape index (κ2) is 7.24. The smallest absolute Gasteiger partial charge is 0.236 e. The van der Waals surface area contributed by atoms with Crippen molar-refractivity contribution in [2.24, 2.45) is 0 Å². The Morgan fingerprint density at radius 3 is 2.96 bits per heavy atom. The number of carbonyl (C=O) groups is 1. The van der Waals surface area contributed by atoms with Gasteiger partial charge in [-0.2, -0.15) is 0 Å². The first-order valence-electron chi connectivity index (χ1n) is 6.99. The number of amides is 1.